The number of carbonyl (C=O) groups is 2. The molecule has 0 spiro atoms. The monoisotopic (exact) mass is 355 g/mol. The highest BCUT2D eigenvalue weighted by atomic mass is 31.1. The highest BCUT2D eigenvalue weighted by Gasteiger charge is 2.16. The van der Waals surface area contributed by atoms with Gasteiger partial charge in [0.2, 0.25) is 11.8 Å². The van der Waals surface area contributed by atoms with E-state index in [-0.39, 0.29) is 11.8 Å². The molecule has 0 unspecified atom stereocenters. The summed E-state index contributed by atoms with van der Waals surface area (Å²) in [5, 5.41) is 0. The number of allylic oxidation sites excluding steroid dienone is 4. The maximum absolute atomic E-state index is 11.5. The van der Waals surface area contributed by atoms with E-state index in [4.69, 9.17) is 9.05 Å². The van der Waals surface area contributed by atoms with Gasteiger partial charge in [-0.15, -0.1) is 0 Å². The minimum Gasteiger partial charge on any atom is -0.345 e. The molecular weight excluding hydrogens is 331 g/mol. The molecule has 0 heterocycles. The molecule has 0 saturated carbocycles. The summed E-state index contributed by atoms with van der Waals surface area (Å²) in [4.78, 5) is 26.0. The number of hydrogen-bond acceptors (Lipinski definition) is 5. The summed E-state index contributed by atoms with van der Waals surface area (Å²) in [7, 11) is 4.24. The van der Waals surface area contributed by atoms with Crippen LogP contribution in [0.3, 0.4) is 0 Å². The van der Waals surface area contributed by atoms with Crippen LogP contribution in [0.2, 0.25) is 0 Å². The van der Waals surface area contributed by atoms with E-state index in [2.05, 4.69) is 0 Å². The van der Waals surface area contributed by atoms with Gasteiger partial charge in [-0.3, -0.25) is 9.59 Å². The van der Waals surface area contributed by atoms with Gasteiger partial charge in [0.1, 0.15) is 0 Å². The van der Waals surface area contributed by atoms with Crippen LogP contribution in [-0.4, -0.2) is 49.8 Å². The van der Waals surface area contributed by atoms with Crippen LogP contribution < -0.4 is 0 Å². The SMILES string of the molecule is C/C(=C/C=C/O[P+](=O)O/C=C/C=C(/C)C(=O)N(C)C)C(=O)N(C)C. The summed E-state index contributed by atoms with van der Waals surface area (Å²) in [6.07, 6.45) is 8.35. The van der Waals surface area contributed by atoms with Crippen molar-refractivity contribution in [3.63, 3.8) is 0 Å². The van der Waals surface area contributed by atoms with Gasteiger partial charge in [-0.25, -0.2) is 9.05 Å². The number of carbonyl (C=O) groups excluding carboxylic acids is 2. The predicted octanol–water partition coefficient (Wildman–Crippen LogP) is 2.77. The molecule has 0 bridgehead atoms. The summed E-state index contributed by atoms with van der Waals surface area (Å²) in [6.45, 7) is 3.32. The first-order valence-corrected chi connectivity index (χ1v) is 8.17. The summed E-state index contributed by atoms with van der Waals surface area (Å²) in [6, 6.07) is 0. The maximum atomic E-state index is 11.5. The van der Waals surface area contributed by atoms with Crippen molar-refractivity contribution in [2.45, 2.75) is 13.8 Å². The van der Waals surface area contributed by atoms with Crippen LogP contribution in [0.4, 0.5) is 0 Å². The van der Waals surface area contributed by atoms with Gasteiger partial charge >= 0.3 is 8.25 Å². The first-order chi connectivity index (χ1) is 11.2. The quantitative estimate of drug-likeness (QED) is 0.290. The molecular formula is C16H24N2O5P+. The Morgan fingerprint density at radius 1 is 0.792 bits per heavy atom. The minimum atomic E-state index is -2.37. The number of hydrogen-bond donors (Lipinski definition) is 0. The fourth-order valence-electron chi connectivity index (χ4n) is 1.41. The Bertz CT molecular complexity index is 539. The topological polar surface area (TPSA) is 76.1 Å². The lowest BCUT2D eigenvalue weighted by molar-refractivity contribution is -0.125. The zero-order valence-corrected chi connectivity index (χ0v) is 15.7. The zero-order chi connectivity index (χ0) is 18.7. The molecule has 0 aliphatic carbocycles. The number of nitrogens with zero attached hydrogens (tertiary/aromatic N) is 2. The van der Waals surface area contributed by atoms with E-state index in [0.29, 0.717) is 11.1 Å². The summed E-state index contributed by atoms with van der Waals surface area (Å²) >= 11 is 0. The molecule has 24 heavy (non-hydrogen) atoms. The molecule has 132 valence electrons. The Balaban J connectivity index is 4.33. The van der Waals surface area contributed by atoms with Gasteiger partial charge in [-0.2, -0.15) is 0 Å². The van der Waals surface area contributed by atoms with E-state index < -0.39 is 8.25 Å². The van der Waals surface area contributed by atoms with Crippen molar-refractivity contribution < 1.29 is 23.2 Å². The van der Waals surface area contributed by atoms with Crippen molar-refractivity contribution in [3.8, 4) is 0 Å². The van der Waals surface area contributed by atoms with Gasteiger partial charge in [0, 0.05) is 43.9 Å². The largest absolute Gasteiger partial charge is 0.804 e. The van der Waals surface area contributed by atoms with Gasteiger partial charge in [-0.05, 0) is 26.0 Å². The highest BCUT2D eigenvalue weighted by Crippen LogP contribution is 2.24. The second-order valence-corrected chi connectivity index (χ2v) is 6.06. The average molecular weight is 355 g/mol. The molecule has 0 aromatic rings. The van der Waals surface area contributed by atoms with Crippen LogP contribution >= 0.6 is 8.25 Å². The van der Waals surface area contributed by atoms with E-state index in [1.54, 1.807) is 54.2 Å². The molecule has 0 fully saturated rings. The van der Waals surface area contributed by atoms with Crippen molar-refractivity contribution in [3.05, 3.63) is 48.0 Å². The molecule has 2 amide bonds. The molecule has 0 aromatic carbocycles. The van der Waals surface area contributed by atoms with Crippen molar-refractivity contribution in [2.75, 3.05) is 28.2 Å². The van der Waals surface area contributed by atoms with Gasteiger partial charge in [0.05, 0.1) is 0 Å². The Hall–Kier alpha value is -2.40. The van der Waals surface area contributed by atoms with Crippen molar-refractivity contribution in [2.24, 2.45) is 0 Å². The van der Waals surface area contributed by atoms with Crippen molar-refractivity contribution in [1.82, 2.24) is 9.80 Å². The van der Waals surface area contributed by atoms with Crippen LogP contribution in [0.1, 0.15) is 13.8 Å². The van der Waals surface area contributed by atoms with E-state index in [9.17, 15) is 14.2 Å². The standard InChI is InChI=1S/C16H24N2O5P/c1-13(15(19)17(3)4)9-7-11-22-24(21)23-12-8-10-14(2)16(20)18(5)6/h7-12H,1-6H3/q+1/b11-7+,12-8+,13-9-,14-10-. The fourth-order valence-corrected chi connectivity index (χ4v) is 1.80. The van der Waals surface area contributed by atoms with Gasteiger partial charge in [0.15, 0.2) is 12.5 Å². The number of amides is 2. The molecule has 0 atom stereocenters. The van der Waals surface area contributed by atoms with Crippen molar-refractivity contribution in [1.29, 1.82) is 0 Å². The highest BCUT2D eigenvalue weighted by molar-refractivity contribution is 7.33. The minimum absolute atomic E-state index is 0.127. The lowest BCUT2D eigenvalue weighted by Crippen LogP contribution is -2.22. The van der Waals surface area contributed by atoms with E-state index in [1.807, 2.05) is 0 Å². The van der Waals surface area contributed by atoms with Gasteiger partial charge < -0.3 is 9.80 Å². The van der Waals surface area contributed by atoms with Crippen LogP contribution in [0.5, 0.6) is 0 Å². The Morgan fingerprint density at radius 2 is 1.12 bits per heavy atom. The predicted molar refractivity (Wildman–Crippen MR) is 93.0 cm³/mol. The molecule has 7 nitrogen and oxygen atoms in total. The second kappa shape index (κ2) is 11.2. The molecule has 0 aliphatic rings. The third kappa shape index (κ3) is 8.90. The smallest absolute Gasteiger partial charge is 0.345 e. The molecule has 8 heteroatoms. The average Bonchev–Trinajstić information content (AvgIpc) is 2.53. The van der Waals surface area contributed by atoms with Crippen LogP contribution in [-0.2, 0) is 23.2 Å². The van der Waals surface area contributed by atoms with Gasteiger partial charge in [-0.1, -0.05) is 12.2 Å². The third-order valence-corrected chi connectivity index (χ3v) is 3.22. The van der Waals surface area contributed by atoms with Crippen LogP contribution in [0.15, 0.2) is 48.0 Å². The number of rotatable bonds is 8. The summed E-state index contributed by atoms with van der Waals surface area (Å²) < 4.78 is 21.1. The lowest BCUT2D eigenvalue weighted by Gasteiger charge is -2.09. The second-order valence-electron chi connectivity index (χ2n) is 5.19. The lowest BCUT2D eigenvalue weighted by atomic mass is 10.2. The van der Waals surface area contributed by atoms with Crippen LogP contribution in [0, 0.1) is 0 Å². The van der Waals surface area contributed by atoms with E-state index >= 15 is 0 Å². The fraction of sp³-hybridized carbons (Fsp3) is 0.375. The molecule has 0 N–H and O–H groups in total. The normalized spacial score (nSPS) is 12.4. The molecule has 0 saturated heterocycles. The molecule has 0 rings (SSSR count). The number of likely N-dealkylation sites (N-methyl/N-ethyl adjacent to an activating group) is 2. The Labute approximate surface area is 143 Å². The van der Waals surface area contributed by atoms with Crippen LogP contribution in [0.25, 0.3) is 0 Å². The molecule has 0 aromatic heterocycles. The maximum Gasteiger partial charge on any atom is 0.804 e. The van der Waals surface area contributed by atoms with Gasteiger partial charge in [0.25, 0.3) is 0 Å². The third-order valence-electron chi connectivity index (χ3n) is 2.63. The first kappa shape index (κ1) is 21.6. The van der Waals surface area contributed by atoms with E-state index in [0.717, 1.165) is 0 Å². The molecule has 0 aliphatic heterocycles. The Kier molecular flexibility index (Phi) is 10.1. The van der Waals surface area contributed by atoms with E-state index in [1.165, 1.54) is 34.5 Å². The summed E-state index contributed by atoms with van der Waals surface area (Å²) in [5.74, 6) is -0.254. The Morgan fingerprint density at radius 3 is 1.42 bits per heavy atom. The molecule has 0 radical (unpaired) electrons. The first-order valence-electron chi connectivity index (χ1n) is 7.07. The summed E-state index contributed by atoms with van der Waals surface area (Å²) in [5.41, 5.74) is 1.03. The zero-order valence-electron chi connectivity index (χ0n) is 14.8. The van der Waals surface area contributed by atoms with Crippen molar-refractivity contribution >= 4 is 20.1 Å².